The van der Waals surface area contributed by atoms with Gasteiger partial charge in [0.2, 0.25) is 17.7 Å². The molecule has 6 heteroatoms. The second-order valence-electron chi connectivity index (χ2n) is 8.28. The van der Waals surface area contributed by atoms with Gasteiger partial charge in [-0.05, 0) is 61.6 Å². The molecule has 2 bridgehead atoms. The van der Waals surface area contributed by atoms with Crippen molar-refractivity contribution in [2.75, 3.05) is 5.32 Å². The summed E-state index contributed by atoms with van der Waals surface area (Å²) in [6, 6.07) is 4.43. The van der Waals surface area contributed by atoms with E-state index >= 15 is 0 Å². The van der Waals surface area contributed by atoms with Crippen molar-refractivity contribution in [2.45, 2.75) is 26.3 Å². The van der Waals surface area contributed by atoms with Gasteiger partial charge >= 0.3 is 0 Å². The molecule has 140 valence electrons. The fourth-order valence-electron chi connectivity index (χ4n) is 5.46. The lowest BCUT2D eigenvalue weighted by molar-refractivity contribution is -0.146. The second-order valence-corrected chi connectivity index (χ2v) is 8.69. The first kappa shape index (κ1) is 17.0. The summed E-state index contributed by atoms with van der Waals surface area (Å²) in [7, 11) is 0. The minimum absolute atomic E-state index is 0.164. The van der Waals surface area contributed by atoms with Crippen molar-refractivity contribution >= 4 is 35.0 Å². The highest BCUT2D eigenvalue weighted by atomic mass is 35.5. The lowest BCUT2D eigenvalue weighted by atomic mass is 9.63. The molecule has 7 atom stereocenters. The number of nitrogens with one attached hydrogen (secondary N) is 1. The van der Waals surface area contributed by atoms with Crippen molar-refractivity contribution in [1.82, 2.24) is 4.90 Å². The molecule has 1 N–H and O–H groups in total. The Hall–Kier alpha value is -2.14. The molecule has 3 amide bonds. The SMILES string of the molecule is Cc1c(Cl)cccc1NC(=O)[C@H](C)N1C(=O)[C@@H]2[C@H]3C=C[C@@H]([C@@H]4C[C@H]34)[C@@H]2C1=O. The molecule has 1 aliphatic heterocycles. The average molecular weight is 385 g/mol. The van der Waals surface area contributed by atoms with Crippen LogP contribution in [0.15, 0.2) is 30.4 Å². The Bertz CT molecular complexity index is 875. The van der Waals surface area contributed by atoms with Crippen LogP contribution < -0.4 is 5.32 Å². The first-order valence-electron chi connectivity index (χ1n) is 9.51. The molecule has 1 aromatic rings. The maximum absolute atomic E-state index is 13.1. The van der Waals surface area contributed by atoms with Crippen molar-refractivity contribution in [2.24, 2.45) is 35.5 Å². The molecule has 6 rings (SSSR count). The highest BCUT2D eigenvalue weighted by molar-refractivity contribution is 6.31. The van der Waals surface area contributed by atoms with Crippen molar-refractivity contribution in [3.63, 3.8) is 0 Å². The topological polar surface area (TPSA) is 66.5 Å². The number of likely N-dealkylation sites (tertiary alicyclic amines) is 1. The Morgan fingerprint density at radius 2 is 1.74 bits per heavy atom. The van der Waals surface area contributed by atoms with Crippen LogP contribution in [0.1, 0.15) is 18.9 Å². The predicted octanol–water partition coefficient (Wildman–Crippen LogP) is 3.03. The zero-order valence-electron chi connectivity index (χ0n) is 15.2. The Balaban J connectivity index is 1.39. The third kappa shape index (κ3) is 2.27. The second kappa shape index (κ2) is 5.68. The summed E-state index contributed by atoms with van der Waals surface area (Å²) >= 11 is 6.11. The first-order chi connectivity index (χ1) is 12.9. The highest BCUT2D eigenvalue weighted by Gasteiger charge is 2.67. The fraction of sp³-hybridized carbons (Fsp3) is 0.476. The van der Waals surface area contributed by atoms with E-state index in [2.05, 4.69) is 17.5 Å². The zero-order chi connectivity index (χ0) is 19.0. The maximum atomic E-state index is 13.1. The summed E-state index contributed by atoms with van der Waals surface area (Å²) in [5, 5.41) is 3.38. The minimum atomic E-state index is -0.843. The van der Waals surface area contributed by atoms with E-state index in [1.807, 2.05) is 6.92 Å². The van der Waals surface area contributed by atoms with Crippen LogP contribution in [0.4, 0.5) is 5.69 Å². The van der Waals surface area contributed by atoms with Gasteiger partial charge in [-0.3, -0.25) is 19.3 Å². The van der Waals surface area contributed by atoms with E-state index in [1.54, 1.807) is 25.1 Å². The van der Waals surface area contributed by atoms with E-state index in [-0.39, 0.29) is 41.4 Å². The van der Waals surface area contributed by atoms with Crippen LogP contribution in [0.5, 0.6) is 0 Å². The van der Waals surface area contributed by atoms with E-state index in [4.69, 9.17) is 11.6 Å². The molecule has 5 nitrogen and oxygen atoms in total. The molecule has 0 radical (unpaired) electrons. The third-order valence-electron chi connectivity index (χ3n) is 6.99. The van der Waals surface area contributed by atoms with Gasteiger partial charge in [-0.2, -0.15) is 0 Å². The van der Waals surface area contributed by atoms with Crippen LogP contribution in [0, 0.1) is 42.4 Å². The monoisotopic (exact) mass is 384 g/mol. The number of carbonyl (C=O) groups is 3. The summed E-state index contributed by atoms with van der Waals surface area (Å²) in [5.41, 5.74) is 1.36. The smallest absolute Gasteiger partial charge is 0.247 e. The molecule has 1 heterocycles. The molecule has 5 aliphatic rings. The molecular weight excluding hydrogens is 364 g/mol. The molecule has 4 aliphatic carbocycles. The Morgan fingerprint density at radius 1 is 1.15 bits per heavy atom. The standard InChI is InChI=1S/C21H21ClN2O3/c1-9-15(22)4-3-5-16(9)23-19(25)10(2)24-20(26)17-11-6-7-12(14-8-13(11)14)18(17)21(24)27/h3-7,10-14,17-18H,8H2,1-2H3,(H,23,25)/t10-,11-,12-,13-,14+,17-,18+/m0/s1. The number of halogens is 1. The van der Waals surface area contributed by atoms with Gasteiger partial charge in [0.25, 0.3) is 0 Å². The Morgan fingerprint density at radius 3 is 2.33 bits per heavy atom. The number of hydrogen-bond donors (Lipinski definition) is 1. The van der Waals surface area contributed by atoms with Crippen molar-refractivity contribution in [1.29, 1.82) is 0 Å². The van der Waals surface area contributed by atoms with Gasteiger partial charge in [-0.15, -0.1) is 0 Å². The van der Waals surface area contributed by atoms with E-state index in [9.17, 15) is 14.4 Å². The number of imide groups is 1. The molecule has 1 saturated heterocycles. The lowest BCUT2D eigenvalue weighted by Crippen LogP contribution is -2.46. The van der Waals surface area contributed by atoms with Crippen LogP contribution in [-0.2, 0) is 14.4 Å². The average Bonchev–Trinajstić information content (AvgIpc) is 3.42. The molecule has 0 aromatic heterocycles. The molecule has 0 unspecified atom stereocenters. The number of anilines is 1. The van der Waals surface area contributed by atoms with Crippen LogP contribution >= 0.6 is 11.6 Å². The number of amides is 3. The van der Waals surface area contributed by atoms with Crippen molar-refractivity contribution < 1.29 is 14.4 Å². The van der Waals surface area contributed by atoms with E-state index in [1.165, 1.54) is 4.90 Å². The van der Waals surface area contributed by atoms with Gasteiger partial charge in [0.1, 0.15) is 6.04 Å². The molecular formula is C21H21ClN2O3. The molecule has 27 heavy (non-hydrogen) atoms. The number of allylic oxidation sites excluding steroid dienone is 2. The Labute approximate surface area is 162 Å². The third-order valence-corrected chi connectivity index (χ3v) is 7.40. The maximum Gasteiger partial charge on any atom is 0.247 e. The first-order valence-corrected chi connectivity index (χ1v) is 9.89. The molecule has 0 spiro atoms. The van der Waals surface area contributed by atoms with Gasteiger partial charge < -0.3 is 5.32 Å². The van der Waals surface area contributed by atoms with Gasteiger partial charge in [0, 0.05) is 10.7 Å². The van der Waals surface area contributed by atoms with Crippen molar-refractivity contribution in [3.8, 4) is 0 Å². The van der Waals surface area contributed by atoms with E-state index in [0.717, 1.165) is 12.0 Å². The summed E-state index contributed by atoms with van der Waals surface area (Å²) < 4.78 is 0. The Kier molecular flexibility index (Phi) is 3.57. The van der Waals surface area contributed by atoms with Gasteiger partial charge in [0.05, 0.1) is 11.8 Å². The van der Waals surface area contributed by atoms with E-state index < -0.39 is 6.04 Å². The number of benzene rings is 1. The summed E-state index contributed by atoms with van der Waals surface area (Å²) in [5.74, 6) is 0.145. The number of carbonyl (C=O) groups excluding carboxylic acids is 3. The zero-order valence-corrected chi connectivity index (χ0v) is 15.9. The summed E-state index contributed by atoms with van der Waals surface area (Å²) in [6.07, 6.45) is 5.39. The molecule has 3 fully saturated rings. The highest BCUT2D eigenvalue weighted by Crippen LogP contribution is 2.65. The lowest BCUT2D eigenvalue weighted by Gasteiger charge is -2.37. The number of hydrogen-bond acceptors (Lipinski definition) is 3. The van der Waals surface area contributed by atoms with Gasteiger partial charge in [0.15, 0.2) is 0 Å². The van der Waals surface area contributed by atoms with Gasteiger partial charge in [-0.25, -0.2) is 0 Å². The predicted molar refractivity (Wildman–Crippen MR) is 101 cm³/mol. The molecule has 1 aromatic carbocycles. The quantitative estimate of drug-likeness (QED) is 0.643. The minimum Gasteiger partial charge on any atom is -0.324 e. The van der Waals surface area contributed by atoms with Gasteiger partial charge in [-0.1, -0.05) is 29.8 Å². The summed E-state index contributed by atoms with van der Waals surface area (Å²) in [6.45, 7) is 3.44. The fourth-order valence-corrected chi connectivity index (χ4v) is 5.63. The van der Waals surface area contributed by atoms with Crippen LogP contribution in [0.2, 0.25) is 5.02 Å². The summed E-state index contributed by atoms with van der Waals surface area (Å²) in [4.78, 5) is 40.2. The largest absolute Gasteiger partial charge is 0.324 e. The van der Waals surface area contributed by atoms with Crippen LogP contribution in [0.3, 0.4) is 0 Å². The van der Waals surface area contributed by atoms with Crippen LogP contribution in [0.25, 0.3) is 0 Å². The number of nitrogens with zero attached hydrogens (tertiary/aromatic N) is 1. The van der Waals surface area contributed by atoms with Crippen molar-refractivity contribution in [3.05, 3.63) is 40.9 Å². The number of rotatable bonds is 3. The van der Waals surface area contributed by atoms with E-state index in [0.29, 0.717) is 22.5 Å². The molecule has 2 saturated carbocycles. The normalized spacial score (nSPS) is 36.5. The van der Waals surface area contributed by atoms with Crippen LogP contribution in [-0.4, -0.2) is 28.7 Å².